The Morgan fingerprint density at radius 1 is 1.26 bits per heavy atom. The summed E-state index contributed by atoms with van der Waals surface area (Å²) in [5.74, 6) is 0.134. The van der Waals surface area contributed by atoms with Gasteiger partial charge in [0.2, 0.25) is 0 Å². The highest BCUT2D eigenvalue weighted by atomic mass is 35.5. The minimum atomic E-state index is 0.134. The predicted octanol–water partition coefficient (Wildman–Crippen LogP) is 1.91. The third-order valence-electron chi connectivity index (χ3n) is 3.46. The summed E-state index contributed by atoms with van der Waals surface area (Å²) in [4.78, 5) is 17.6. The quantitative estimate of drug-likeness (QED) is 0.843. The first-order chi connectivity index (χ1) is 9.22. The molecule has 0 amide bonds. The first kappa shape index (κ1) is 12.7. The van der Waals surface area contributed by atoms with Gasteiger partial charge in [-0.05, 0) is 24.3 Å². The fourth-order valence-corrected chi connectivity index (χ4v) is 2.59. The normalized spacial score (nSPS) is 16.9. The number of aromatic amines is 1. The number of hydrogen-bond donors (Lipinski definition) is 2. The highest BCUT2D eigenvalue weighted by Gasteiger charge is 2.16. The molecule has 1 saturated heterocycles. The van der Waals surface area contributed by atoms with Gasteiger partial charge in [0.25, 0.3) is 0 Å². The van der Waals surface area contributed by atoms with E-state index in [1.54, 1.807) is 0 Å². The van der Waals surface area contributed by atoms with E-state index in [-0.39, 0.29) is 5.78 Å². The summed E-state index contributed by atoms with van der Waals surface area (Å²) in [6, 6.07) is 7.48. The van der Waals surface area contributed by atoms with Crippen molar-refractivity contribution in [3.8, 4) is 0 Å². The van der Waals surface area contributed by atoms with Crippen LogP contribution in [0.1, 0.15) is 10.5 Å². The molecule has 1 aromatic heterocycles. The number of nitrogens with one attached hydrogen (secondary N) is 2. The summed E-state index contributed by atoms with van der Waals surface area (Å²) < 4.78 is 0. The van der Waals surface area contributed by atoms with Crippen molar-refractivity contribution in [2.45, 2.75) is 0 Å². The zero-order chi connectivity index (χ0) is 13.2. The van der Waals surface area contributed by atoms with Crippen molar-refractivity contribution in [2.75, 3.05) is 32.7 Å². The van der Waals surface area contributed by atoms with Crippen LogP contribution < -0.4 is 5.32 Å². The Hall–Kier alpha value is -1.36. The molecule has 0 spiro atoms. The van der Waals surface area contributed by atoms with Gasteiger partial charge < -0.3 is 10.3 Å². The number of aromatic nitrogens is 1. The maximum Gasteiger partial charge on any atom is 0.192 e. The van der Waals surface area contributed by atoms with E-state index in [4.69, 9.17) is 11.6 Å². The van der Waals surface area contributed by atoms with Crippen LogP contribution in [0.25, 0.3) is 10.9 Å². The number of ketones is 1. The number of fused-ring (bicyclic) bond motifs is 1. The Balaban J connectivity index is 1.77. The third kappa shape index (κ3) is 2.81. The number of piperazine rings is 1. The molecule has 1 aliphatic rings. The molecular weight excluding hydrogens is 262 g/mol. The molecule has 4 nitrogen and oxygen atoms in total. The monoisotopic (exact) mass is 277 g/mol. The summed E-state index contributed by atoms with van der Waals surface area (Å²) in [7, 11) is 0. The molecule has 1 fully saturated rings. The number of carbonyl (C=O) groups is 1. The van der Waals surface area contributed by atoms with Crippen LogP contribution in [0.4, 0.5) is 0 Å². The topological polar surface area (TPSA) is 48.1 Å². The van der Waals surface area contributed by atoms with Crippen LogP contribution in [0.2, 0.25) is 5.02 Å². The third-order valence-corrected chi connectivity index (χ3v) is 3.70. The van der Waals surface area contributed by atoms with Gasteiger partial charge >= 0.3 is 0 Å². The smallest absolute Gasteiger partial charge is 0.192 e. The number of halogens is 1. The standard InChI is InChI=1S/C14H16ClN3O/c15-11-1-2-12-10(7-11)8-13(17-12)14(19)9-18-5-3-16-4-6-18/h1-2,7-8,16-17H,3-6,9H2. The average Bonchev–Trinajstić information content (AvgIpc) is 2.83. The first-order valence-corrected chi connectivity index (χ1v) is 6.85. The minimum absolute atomic E-state index is 0.134. The number of Topliss-reactive ketones (excluding diaryl/α,β-unsaturated/α-hetero) is 1. The van der Waals surface area contributed by atoms with Gasteiger partial charge in [-0.2, -0.15) is 0 Å². The largest absolute Gasteiger partial charge is 0.352 e. The van der Waals surface area contributed by atoms with Crippen LogP contribution in [0.3, 0.4) is 0 Å². The van der Waals surface area contributed by atoms with Crippen molar-refractivity contribution in [1.82, 2.24) is 15.2 Å². The van der Waals surface area contributed by atoms with Crippen LogP contribution in [0, 0.1) is 0 Å². The number of carbonyl (C=O) groups excluding carboxylic acids is 1. The molecule has 0 bridgehead atoms. The summed E-state index contributed by atoms with van der Waals surface area (Å²) in [5, 5.41) is 4.95. The van der Waals surface area contributed by atoms with Gasteiger partial charge in [-0.25, -0.2) is 0 Å². The molecule has 2 aromatic rings. The Morgan fingerprint density at radius 2 is 2.05 bits per heavy atom. The average molecular weight is 278 g/mol. The van der Waals surface area contributed by atoms with Gasteiger partial charge in [0.15, 0.2) is 5.78 Å². The highest BCUT2D eigenvalue weighted by molar-refractivity contribution is 6.31. The van der Waals surface area contributed by atoms with Crippen molar-refractivity contribution in [3.63, 3.8) is 0 Å². The van der Waals surface area contributed by atoms with E-state index in [0.29, 0.717) is 17.3 Å². The van der Waals surface area contributed by atoms with Gasteiger partial charge in [0.1, 0.15) is 0 Å². The van der Waals surface area contributed by atoms with Crippen LogP contribution in [0.15, 0.2) is 24.3 Å². The second-order valence-corrected chi connectivity index (χ2v) is 5.30. The van der Waals surface area contributed by atoms with Gasteiger partial charge in [-0.1, -0.05) is 11.6 Å². The van der Waals surface area contributed by atoms with Crippen LogP contribution in [-0.4, -0.2) is 48.4 Å². The molecule has 3 rings (SSSR count). The van der Waals surface area contributed by atoms with Gasteiger partial charge in [-0.3, -0.25) is 9.69 Å². The Morgan fingerprint density at radius 3 is 2.84 bits per heavy atom. The minimum Gasteiger partial charge on any atom is -0.352 e. The number of rotatable bonds is 3. The molecule has 0 radical (unpaired) electrons. The first-order valence-electron chi connectivity index (χ1n) is 6.47. The van der Waals surface area contributed by atoms with Crippen LogP contribution in [0.5, 0.6) is 0 Å². The van der Waals surface area contributed by atoms with Gasteiger partial charge in [0, 0.05) is 42.1 Å². The SMILES string of the molecule is O=C(CN1CCNCC1)c1cc2cc(Cl)ccc2[nH]1. The molecule has 5 heteroatoms. The summed E-state index contributed by atoms with van der Waals surface area (Å²) in [5.41, 5.74) is 1.61. The molecule has 2 heterocycles. The molecule has 0 aliphatic carbocycles. The van der Waals surface area contributed by atoms with E-state index in [1.165, 1.54) is 0 Å². The molecule has 0 saturated carbocycles. The molecule has 2 N–H and O–H groups in total. The second-order valence-electron chi connectivity index (χ2n) is 4.86. The van der Waals surface area contributed by atoms with Crippen LogP contribution >= 0.6 is 11.6 Å². The number of hydrogen-bond acceptors (Lipinski definition) is 3. The fraction of sp³-hybridized carbons (Fsp3) is 0.357. The van der Waals surface area contributed by atoms with E-state index in [2.05, 4.69) is 15.2 Å². The van der Waals surface area contributed by atoms with Gasteiger partial charge in [0.05, 0.1) is 12.2 Å². The highest BCUT2D eigenvalue weighted by Crippen LogP contribution is 2.20. The van der Waals surface area contributed by atoms with Crippen molar-refractivity contribution in [3.05, 3.63) is 35.0 Å². The van der Waals surface area contributed by atoms with E-state index in [0.717, 1.165) is 37.1 Å². The number of nitrogens with zero attached hydrogens (tertiary/aromatic N) is 1. The van der Waals surface area contributed by atoms with Crippen molar-refractivity contribution >= 4 is 28.3 Å². The molecule has 19 heavy (non-hydrogen) atoms. The zero-order valence-corrected chi connectivity index (χ0v) is 11.3. The molecule has 100 valence electrons. The Kier molecular flexibility index (Phi) is 3.55. The van der Waals surface area contributed by atoms with Crippen molar-refractivity contribution < 1.29 is 4.79 Å². The van der Waals surface area contributed by atoms with E-state index in [9.17, 15) is 4.79 Å². The van der Waals surface area contributed by atoms with E-state index in [1.807, 2.05) is 24.3 Å². The fourth-order valence-electron chi connectivity index (χ4n) is 2.41. The Labute approximate surface area is 116 Å². The summed E-state index contributed by atoms with van der Waals surface area (Å²) >= 11 is 5.95. The summed E-state index contributed by atoms with van der Waals surface area (Å²) in [6.45, 7) is 4.24. The van der Waals surface area contributed by atoms with E-state index < -0.39 is 0 Å². The summed E-state index contributed by atoms with van der Waals surface area (Å²) in [6.07, 6.45) is 0. The molecule has 1 aromatic carbocycles. The second kappa shape index (κ2) is 5.33. The lowest BCUT2D eigenvalue weighted by molar-refractivity contribution is 0.0917. The molecular formula is C14H16ClN3O. The van der Waals surface area contributed by atoms with Crippen LogP contribution in [-0.2, 0) is 0 Å². The lowest BCUT2D eigenvalue weighted by atomic mass is 10.2. The molecule has 0 unspecified atom stereocenters. The van der Waals surface area contributed by atoms with Crippen molar-refractivity contribution in [1.29, 1.82) is 0 Å². The number of benzene rings is 1. The zero-order valence-electron chi connectivity index (χ0n) is 10.6. The Bertz CT molecular complexity index is 602. The lowest BCUT2D eigenvalue weighted by Gasteiger charge is -2.26. The maximum absolute atomic E-state index is 12.2. The van der Waals surface area contributed by atoms with Crippen molar-refractivity contribution in [2.24, 2.45) is 0 Å². The predicted molar refractivity (Wildman–Crippen MR) is 76.9 cm³/mol. The van der Waals surface area contributed by atoms with E-state index >= 15 is 0 Å². The lowest BCUT2D eigenvalue weighted by Crippen LogP contribution is -2.45. The number of H-pyrrole nitrogens is 1. The van der Waals surface area contributed by atoms with Gasteiger partial charge in [-0.15, -0.1) is 0 Å². The maximum atomic E-state index is 12.2. The molecule has 0 atom stereocenters. The molecule has 1 aliphatic heterocycles.